The summed E-state index contributed by atoms with van der Waals surface area (Å²) in [5.41, 5.74) is 2.72. The smallest absolute Gasteiger partial charge is 0.443 e. The van der Waals surface area contributed by atoms with Crippen molar-refractivity contribution in [2.45, 2.75) is 78.4 Å². The molecule has 0 aliphatic rings. The van der Waals surface area contributed by atoms with Gasteiger partial charge in [0.2, 0.25) is 17.1 Å². The van der Waals surface area contributed by atoms with Crippen LogP contribution in [-0.4, -0.2) is 87.1 Å². The topological polar surface area (TPSA) is 353 Å². The molecule has 27 nitrogen and oxygen atoms in total. The van der Waals surface area contributed by atoms with Crippen molar-refractivity contribution in [3.05, 3.63) is 182 Å². The summed E-state index contributed by atoms with van der Waals surface area (Å²) in [6, 6.07) is 23.7. The summed E-state index contributed by atoms with van der Waals surface area (Å²) in [6.07, 6.45) is 20.2. The largest absolute Gasteiger partial charge is 0.513 e. The monoisotopic (exact) mass is 1450 g/mol. The van der Waals surface area contributed by atoms with Gasteiger partial charge in [-0.2, -0.15) is 15.0 Å². The van der Waals surface area contributed by atoms with Crippen LogP contribution in [0, 0.1) is 0 Å². The maximum atomic E-state index is 12.6. The summed E-state index contributed by atoms with van der Waals surface area (Å²) in [6.45, 7) is 12.0. The highest BCUT2D eigenvalue weighted by Crippen LogP contribution is 2.61. The van der Waals surface area contributed by atoms with Crippen LogP contribution in [0.5, 0.6) is 0 Å². The Morgan fingerprint density at radius 2 is 0.806 bits per heavy atom. The molecule has 6 unspecified atom stereocenters. The molecular weight excluding hydrogens is 1380 g/mol. The molecule has 0 amide bonds. The highest BCUT2D eigenvalue weighted by molar-refractivity contribution is 7.67. The van der Waals surface area contributed by atoms with Crippen molar-refractivity contribution in [2.24, 2.45) is 0 Å². The predicted octanol–water partition coefficient (Wildman–Crippen LogP) is 16.3. The standard InChI is InChI=1S/C23H29N2O7P3.C20H23N2O7P3.C14H19N2O7P3/c1-4-5-6-9-18-10-12-19(13-11-18)21-16-20-17-25(23(26)24-22(20)30-21)14-7-8-15-35(29,31-33(2)27)32-34(3)28;1-30(24)28-32(26,29-31(2)25)13-7-6-12-22-15-17-14-18(27-19(17)21-20(22)23)11-10-16-8-4-3-5-9-16;1-4-12-9-11-10-16(14(17)15-13(11)21-12)7-5-6-8-26(20,22-24(2)18)23-25(3)19/h7-8,10-13,16-17H,4-6,9,14-15H2,1-3H3;3-9,14-15H,10-13H2,1-2H3;5-6,9-10H,4,7-8H2,1-3H3/q3*+2/b8-7+;7-6+;6-5+. The maximum absolute atomic E-state index is 12.6. The fraction of sp³-hybridized carbons (Fsp3) is 0.368. The number of rotatable bonds is 33. The maximum Gasteiger partial charge on any atom is 0.513 e. The molecule has 2 aromatic carbocycles. The van der Waals surface area contributed by atoms with Gasteiger partial charge >= 0.3 is 88.0 Å². The van der Waals surface area contributed by atoms with Crippen molar-refractivity contribution in [1.82, 2.24) is 28.7 Å². The summed E-state index contributed by atoms with van der Waals surface area (Å²) in [5, 5.41) is 2.07. The highest BCUT2D eigenvalue weighted by Gasteiger charge is 2.42. The second-order valence-electron chi connectivity index (χ2n) is 20.3. The minimum Gasteiger partial charge on any atom is -0.443 e. The van der Waals surface area contributed by atoms with Gasteiger partial charge in [0.05, 0.1) is 34.6 Å². The molecule has 494 valence electrons. The predicted molar refractivity (Wildman–Crippen MR) is 359 cm³/mol. The minimum atomic E-state index is -3.82. The lowest BCUT2D eigenvalue weighted by molar-refractivity contribution is 0.394. The van der Waals surface area contributed by atoms with Crippen LogP contribution < -0.4 is 17.1 Å². The van der Waals surface area contributed by atoms with Gasteiger partial charge in [0.15, 0.2) is 40.0 Å². The first-order valence-corrected chi connectivity index (χ1v) is 43.6. The van der Waals surface area contributed by atoms with Crippen LogP contribution in [-0.2, 0) is 112 Å². The molecule has 36 heteroatoms. The average molecular weight is 1450 g/mol. The molecule has 0 saturated carbocycles. The first-order valence-electron chi connectivity index (χ1n) is 28.6. The summed E-state index contributed by atoms with van der Waals surface area (Å²) in [7, 11) is -24.6. The second kappa shape index (κ2) is 36.7. The molecule has 6 aromatic heterocycles. The van der Waals surface area contributed by atoms with E-state index in [0.29, 0.717) is 34.8 Å². The molecule has 0 aliphatic carbocycles. The van der Waals surface area contributed by atoms with Crippen LogP contribution in [0.25, 0.3) is 44.6 Å². The molecule has 0 fully saturated rings. The van der Waals surface area contributed by atoms with Gasteiger partial charge in [-0.25, -0.2) is 14.4 Å². The zero-order valence-electron chi connectivity index (χ0n) is 52.1. The van der Waals surface area contributed by atoms with Crippen LogP contribution >= 0.6 is 71.0 Å². The van der Waals surface area contributed by atoms with Gasteiger partial charge in [0, 0.05) is 56.6 Å². The Balaban J connectivity index is 0.000000224. The third-order valence-electron chi connectivity index (χ3n) is 12.5. The normalized spacial score (nSPS) is 14.7. The van der Waals surface area contributed by atoms with Crippen molar-refractivity contribution in [3.8, 4) is 11.3 Å². The van der Waals surface area contributed by atoms with E-state index < -0.39 is 88.0 Å². The van der Waals surface area contributed by atoms with Gasteiger partial charge in [0.1, 0.15) is 17.3 Å². The second-order valence-corrected chi connectivity index (χ2v) is 34.2. The number of aryl methyl sites for hydroxylation is 4. The van der Waals surface area contributed by atoms with Crippen LogP contribution in [0.3, 0.4) is 0 Å². The molecule has 8 aromatic rings. The molecule has 93 heavy (non-hydrogen) atoms. The van der Waals surface area contributed by atoms with E-state index in [9.17, 15) is 55.5 Å². The number of aromatic nitrogens is 6. The Hall–Kier alpha value is -6.03. The lowest BCUT2D eigenvalue weighted by atomic mass is 10.0. The highest BCUT2D eigenvalue weighted by atomic mass is 31.3. The SMILES string of the molecule is CCCCCc1ccc(-c2cc3cn(C/C=C/CP(=O)(O[P+](C)=O)O[P+](C)=O)c(=O)nc3o2)cc1.CCc1cc2cn(C/C=C/CP(=O)(O[P+](C)=O)O[P+](C)=O)c(=O)nc2o1.C[P+](=O)OP(=O)(C/C=C/Cn1cc2cc(CCc3ccccc3)oc2nc1=O)O[P+](C)=O. The van der Waals surface area contributed by atoms with Gasteiger partial charge in [-0.3, -0.25) is 27.4 Å². The molecular formula is C57H71N6O21P9+6. The number of hydrogen-bond donors (Lipinski definition) is 0. The van der Waals surface area contributed by atoms with E-state index in [1.807, 2.05) is 67.6 Å². The lowest BCUT2D eigenvalue weighted by Crippen LogP contribution is -2.21. The van der Waals surface area contributed by atoms with Crippen LogP contribution in [0.2, 0.25) is 0 Å². The van der Waals surface area contributed by atoms with Crippen LogP contribution in [0.15, 0.2) is 155 Å². The first kappa shape index (κ1) is 76.0. The van der Waals surface area contributed by atoms with E-state index >= 15 is 0 Å². The number of benzene rings is 2. The summed E-state index contributed by atoms with van der Waals surface area (Å²) < 4.78 is 155. The van der Waals surface area contributed by atoms with Crippen molar-refractivity contribution < 1.29 is 80.2 Å². The van der Waals surface area contributed by atoms with Crippen molar-refractivity contribution in [3.63, 3.8) is 0 Å². The number of fused-ring (bicyclic) bond motifs is 3. The first-order chi connectivity index (χ1) is 44.1. The zero-order chi connectivity index (χ0) is 67.9. The Bertz CT molecular complexity index is 4360. The van der Waals surface area contributed by atoms with Crippen molar-refractivity contribution in [1.29, 1.82) is 0 Å². The molecule has 0 N–H and O–H groups in total. The Morgan fingerprint density at radius 3 is 1.19 bits per heavy atom. The van der Waals surface area contributed by atoms with Gasteiger partial charge in [0.25, 0.3) is 0 Å². The van der Waals surface area contributed by atoms with Crippen LogP contribution in [0.4, 0.5) is 0 Å². The van der Waals surface area contributed by atoms with Gasteiger partial charge in [-0.1, -0.05) is 144 Å². The summed E-state index contributed by atoms with van der Waals surface area (Å²) in [5.74, 6) is 2.09. The van der Waals surface area contributed by atoms with Crippen molar-refractivity contribution >= 4 is 104 Å². The minimum absolute atomic E-state index is 0.144. The number of furan rings is 3. The quantitative estimate of drug-likeness (QED) is 0.0209. The van der Waals surface area contributed by atoms with E-state index in [2.05, 4.69) is 34.0 Å². The fourth-order valence-electron chi connectivity index (χ4n) is 8.58. The van der Waals surface area contributed by atoms with Gasteiger partial charge in [-0.05, 0) is 76.0 Å². The van der Waals surface area contributed by atoms with Crippen molar-refractivity contribution in [2.75, 3.05) is 58.5 Å². The zero-order valence-corrected chi connectivity index (χ0v) is 60.1. The molecule has 0 spiro atoms. The van der Waals surface area contributed by atoms with Crippen LogP contribution in [0.1, 0.15) is 55.8 Å². The molecule has 0 bridgehead atoms. The number of nitrogens with zero attached hydrogens (tertiary/aromatic N) is 6. The van der Waals surface area contributed by atoms with E-state index in [4.69, 9.17) is 39.1 Å². The van der Waals surface area contributed by atoms with E-state index in [1.54, 1.807) is 36.8 Å². The molecule has 0 aliphatic heterocycles. The molecule has 0 radical (unpaired) electrons. The fourth-order valence-corrected chi connectivity index (χ4v) is 21.0. The summed E-state index contributed by atoms with van der Waals surface area (Å²) >= 11 is 0. The Kier molecular flexibility index (Phi) is 30.0. The van der Waals surface area contributed by atoms with E-state index in [-0.39, 0.29) is 55.3 Å². The molecule has 6 heterocycles. The van der Waals surface area contributed by atoms with E-state index in [0.717, 1.165) is 29.9 Å². The molecule has 0 saturated heterocycles. The number of unbranched alkanes of at least 4 members (excludes halogenated alkanes) is 2. The number of hydrogen-bond acceptors (Lipinski definition) is 24. The lowest BCUT2D eigenvalue weighted by Gasteiger charge is -2.02. The third kappa shape index (κ3) is 25.6. The Labute approximate surface area is 540 Å². The molecule has 6 atom stereocenters. The summed E-state index contributed by atoms with van der Waals surface area (Å²) in [4.78, 5) is 48.6. The average Bonchev–Trinajstić information content (AvgIpc) is 1.80. The third-order valence-corrected chi connectivity index (χ3v) is 26.0. The number of allylic oxidation sites excluding steroid dienone is 6. The Morgan fingerprint density at radius 1 is 0.441 bits per heavy atom. The van der Waals surface area contributed by atoms with Gasteiger partial charge < -0.3 is 13.3 Å². The van der Waals surface area contributed by atoms with E-state index in [1.165, 1.54) is 102 Å². The van der Waals surface area contributed by atoms with Gasteiger partial charge in [-0.15, -0.1) is 0 Å². The molecule has 8 rings (SSSR count).